The molecule has 0 aliphatic carbocycles. The molecule has 2 aromatic carbocycles. The van der Waals surface area contributed by atoms with Gasteiger partial charge in [-0.25, -0.2) is 8.78 Å². The fourth-order valence-electron chi connectivity index (χ4n) is 2.84. The molecular weight excluding hydrogens is 386 g/mol. The molecule has 0 unspecified atom stereocenters. The number of halogens is 3. The molecule has 0 saturated carbocycles. The van der Waals surface area contributed by atoms with Crippen molar-refractivity contribution in [3.63, 3.8) is 0 Å². The van der Waals surface area contributed by atoms with Gasteiger partial charge in [-0.3, -0.25) is 9.59 Å². The van der Waals surface area contributed by atoms with Crippen molar-refractivity contribution in [1.82, 2.24) is 9.78 Å². The number of carbonyl (C=O) groups is 1. The van der Waals surface area contributed by atoms with E-state index in [-0.39, 0.29) is 22.9 Å². The van der Waals surface area contributed by atoms with E-state index in [1.165, 1.54) is 48.7 Å². The molecule has 0 bridgehead atoms. The summed E-state index contributed by atoms with van der Waals surface area (Å²) in [6, 6.07) is 9.19. The van der Waals surface area contributed by atoms with Crippen molar-refractivity contribution in [3.8, 4) is 5.69 Å². The van der Waals surface area contributed by atoms with E-state index in [9.17, 15) is 18.4 Å². The Morgan fingerprint density at radius 3 is 2.46 bits per heavy atom. The van der Waals surface area contributed by atoms with Gasteiger partial charge in [-0.05, 0) is 59.5 Å². The minimum atomic E-state index is -0.644. The van der Waals surface area contributed by atoms with Crippen LogP contribution >= 0.6 is 11.6 Å². The summed E-state index contributed by atoms with van der Waals surface area (Å²) in [6.45, 7) is 3.68. The van der Waals surface area contributed by atoms with Crippen molar-refractivity contribution in [2.24, 2.45) is 0 Å². The molecule has 3 rings (SSSR count). The molecule has 0 atom stereocenters. The molecule has 1 aromatic heterocycles. The predicted octanol–water partition coefficient (Wildman–Crippen LogP) is 4.71. The number of nitrogens with zero attached hydrogens (tertiary/aromatic N) is 2. The van der Waals surface area contributed by atoms with Gasteiger partial charge in [0.05, 0.1) is 11.3 Å². The lowest BCUT2D eigenvalue weighted by Crippen LogP contribution is -2.27. The average molecular weight is 403 g/mol. The van der Waals surface area contributed by atoms with E-state index in [0.717, 1.165) is 4.68 Å². The maximum Gasteiger partial charge on any atom is 0.282 e. The van der Waals surface area contributed by atoms with Gasteiger partial charge in [-0.2, -0.15) is 9.78 Å². The van der Waals surface area contributed by atoms with Crippen LogP contribution in [0.4, 0.5) is 8.78 Å². The van der Waals surface area contributed by atoms with Crippen LogP contribution < -0.4 is 5.56 Å². The van der Waals surface area contributed by atoms with Gasteiger partial charge < -0.3 is 0 Å². The van der Waals surface area contributed by atoms with Crippen LogP contribution in [-0.4, -0.2) is 15.6 Å². The number of hydrogen-bond donors (Lipinski definition) is 0. The molecule has 1 heterocycles. The SMILES string of the molecule is CC(C)c1cc(Cl)c(CC(=O)c2ccnn(-c3ccc(F)cc3)c2=O)cc1F. The van der Waals surface area contributed by atoms with Crippen LogP contribution in [0.2, 0.25) is 5.02 Å². The summed E-state index contributed by atoms with van der Waals surface area (Å²) in [5.74, 6) is -1.46. The Kier molecular flexibility index (Phi) is 5.70. The maximum absolute atomic E-state index is 14.3. The minimum absolute atomic E-state index is 0.0506. The first kappa shape index (κ1) is 19.9. The van der Waals surface area contributed by atoms with Crippen LogP contribution in [0.25, 0.3) is 5.69 Å². The molecular formula is C21H17ClF2N2O2. The van der Waals surface area contributed by atoms with Gasteiger partial charge in [0.15, 0.2) is 5.78 Å². The molecule has 144 valence electrons. The van der Waals surface area contributed by atoms with Crippen molar-refractivity contribution in [1.29, 1.82) is 0 Å². The van der Waals surface area contributed by atoms with Gasteiger partial charge in [0.25, 0.3) is 5.56 Å². The van der Waals surface area contributed by atoms with Crippen LogP contribution in [-0.2, 0) is 6.42 Å². The summed E-state index contributed by atoms with van der Waals surface area (Å²) in [5.41, 5.74) is 0.339. The Balaban J connectivity index is 1.94. The second-order valence-electron chi connectivity index (χ2n) is 6.66. The van der Waals surface area contributed by atoms with Crippen molar-refractivity contribution in [3.05, 3.63) is 92.4 Å². The number of aromatic nitrogens is 2. The topological polar surface area (TPSA) is 52.0 Å². The zero-order valence-corrected chi connectivity index (χ0v) is 16.0. The van der Waals surface area contributed by atoms with Crippen LogP contribution in [0.5, 0.6) is 0 Å². The molecule has 4 nitrogen and oxygen atoms in total. The molecule has 7 heteroatoms. The zero-order valence-electron chi connectivity index (χ0n) is 15.2. The van der Waals surface area contributed by atoms with Gasteiger partial charge in [-0.15, -0.1) is 0 Å². The first-order chi connectivity index (χ1) is 13.3. The molecule has 3 aromatic rings. The quantitative estimate of drug-likeness (QED) is 0.580. The fraction of sp³-hybridized carbons (Fsp3) is 0.190. The number of ketones is 1. The van der Waals surface area contributed by atoms with E-state index in [1.807, 2.05) is 13.8 Å². The third kappa shape index (κ3) is 4.02. The van der Waals surface area contributed by atoms with Crippen molar-refractivity contribution in [2.75, 3.05) is 0 Å². The average Bonchev–Trinajstić information content (AvgIpc) is 2.65. The Hall–Kier alpha value is -2.86. The number of benzene rings is 2. The lowest BCUT2D eigenvalue weighted by Gasteiger charge is -2.11. The molecule has 0 fully saturated rings. The van der Waals surface area contributed by atoms with E-state index in [0.29, 0.717) is 16.8 Å². The fourth-order valence-corrected chi connectivity index (χ4v) is 3.08. The third-order valence-corrected chi connectivity index (χ3v) is 4.71. The van der Waals surface area contributed by atoms with Gasteiger partial charge in [-0.1, -0.05) is 25.4 Å². The van der Waals surface area contributed by atoms with E-state index in [1.54, 1.807) is 0 Å². The van der Waals surface area contributed by atoms with Gasteiger partial charge in [0.1, 0.15) is 11.6 Å². The highest BCUT2D eigenvalue weighted by atomic mass is 35.5. The summed E-state index contributed by atoms with van der Waals surface area (Å²) in [7, 11) is 0. The number of rotatable bonds is 5. The predicted molar refractivity (Wildman–Crippen MR) is 103 cm³/mol. The zero-order chi connectivity index (χ0) is 20.4. The molecule has 0 aliphatic heterocycles. The van der Waals surface area contributed by atoms with Crippen LogP contribution in [0.3, 0.4) is 0 Å². The van der Waals surface area contributed by atoms with Gasteiger partial charge >= 0.3 is 0 Å². The molecule has 0 spiro atoms. The number of carbonyl (C=O) groups excluding carboxylic acids is 1. The Labute approximate surface area is 165 Å². The lowest BCUT2D eigenvalue weighted by atomic mass is 9.98. The molecule has 0 saturated heterocycles. The molecule has 28 heavy (non-hydrogen) atoms. The van der Waals surface area contributed by atoms with E-state index in [4.69, 9.17) is 11.6 Å². The first-order valence-electron chi connectivity index (χ1n) is 8.63. The van der Waals surface area contributed by atoms with E-state index >= 15 is 0 Å². The Bertz CT molecular complexity index is 1090. The summed E-state index contributed by atoms with van der Waals surface area (Å²) in [4.78, 5) is 25.3. The Morgan fingerprint density at radius 1 is 1.14 bits per heavy atom. The first-order valence-corrected chi connectivity index (χ1v) is 9.01. The van der Waals surface area contributed by atoms with Crippen LogP contribution in [0, 0.1) is 11.6 Å². The van der Waals surface area contributed by atoms with Gasteiger partial charge in [0.2, 0.25) is 0 Å². The highest BCUT2D eigenvalue weighted by molar-refractivity contribution is 6.31. The second-order valence-corrected chi connectivity index (χ2v) is 7.07. The standard InChI is InChI=1S/C21H17ClF2N2O2/c1-12(2)17-11-18(22)13(9-19(17)24)10-20(27)16-7-8-25-26(21(16)28)15-5-3-14(23)4-6-15/h3-9,11-12H,10H2,1-2H3. The highest BCUT2D eigenvalue weighted by Crippen LogP contribution is 2.26. The highest BCUT2D eigenvalue weighted by Gasteiger charge is 2.18. The van der Waals surface area contributed by atoms with Crippen molar-refractivity contribution >= 4 is 17.4 Å². The second kappa shape index (κ2) is 8.02. The minimum Gasteiger partial charge on any atom is -0.294 e. The van der Waals surface area contributed by atoms with Crippen LogP contribution in [0.15, 0.2) is 53.5 Å². The smallest absolute Gasteiger partial charge is 0.282 e. The monoisotopic (exact) mass is 402 g/mol. The molecule has 0 N–H and O–H groups in total. The molecule has 0 amide bonds. The summed E-state index contributed by atoms with van der Waals surface area (Å²) >= 11 is 6.21. The number of hydrogen-bond acceptors (Lipinski definition) is 3. The van der Waals surface area contributed by atoms with Gasteiger partial charge in [0, 0.05) is 17.6 Å². The summed E-state index contributed by atoms with van der Waals surface area (Å²) < 4.78 is 28.4. The van der Waals surface area contributed by atoms with Crippen molar-refractivity contribution < 1.29 is 13.6 Å². The Morgan fingerprint density at radius 2 is 1.82 bits per heavy atom. The van der Waals surface area contributed by atoms with E-state index < -0.39 is 23.0 Å². The number of Topliss-reactive ketones (excluding diaryl/α,β-unsaturated/α-hetero) is 1. The van der Waals surface area contributed by atoms with Crippen LogP contribution in [0.1, 0.15) is 41.3 Å². The molecule has 0 radical (unpaired) electrons. The molecule has 0 aliphatic rings. The van der Waals surface area contributed by atoms with Crippen molar-refractivity contribution in [2.45, 2.75) is 26.2 Å². The maximum atomic E-state index is 14.3. The summed E-state index contributed by atoms with van der Waals surface area (Å²) in [5, 5.41) is 4.20. The summed E-state index contributed by atoms with van der Waals surface area (Å²) in [6.07, 6.45) is 1.08. The lowest BCUT2D eigenvalue weighted by molar-refractivity contribution is 0.0991. The van der Waals surface area contributed by atoms with E-state index in [2.05, 4.69) is 5.10 Å². The third-order valence-electron chi connectivity index (χ3n) is 4.36. The normalized spacial score (nSPS) is 11.1. The largest absolute Gasteiger partial charge is 0.294 e.